The maximum Gasteiger partial charge on any atom is 0.242 e. The van der Waals surface area contributed by atoms with Gasteiger partial charge in [0.25, 0.3) is 0 Å². The number of aryl methyl sites for hydroxylation is 1. The van der Waals surface area contributed by atoms with Crippen molar-refractivity contribution in [3.8, 4) is 0 Å². The highest BCUT2D eigenvalue weighted by Crippen LogP contribution is 2.23. The minimum absolute atomic E-state index is 0.0577. The third kappa shape index (κ3) is 7.04. The van der Waals surface area contributed by atoms with Gasteiger partial charge in [0.2, 0.25) is 11.8 Å². The summed E-state index contributed by atoms with van der Waals surface area (Å²) in [5, 5.41) is 0.482. The van der Waals surface area contributed by atoms with Gasteiger partial charge in [-0.2, -0.15) is 0 Å². The van der Waals surface area contributed by atoms with Crippen molar-refractivity contribution in [2.45, 2.75) is 39.3 Å². The molecule has 0 N–H and O–H groups in total. The van der Waals surface area contributed by atoms with Crippen molar-refractivity contribution in [2.75, 3.05) is 26.8 Å². The van der Waals surface area contributed by atoms with Crippen LogP contribution >= 0.6 is 0 Å². The van der Waals surface area contributed by atoms with Gasteiger partial charge in [0.05, 0.1) is 42.8 Å². The summed E-state index contributed by atoms with van der Waals surface area (Å²) in [6.45, 7) is 4.68. The van der Waals surface area contributed by atoms with E-state index in [4.69, 9.17) is 9.15 Å². The number of carbonyl (C=O) groups is 2. The molecule has 4 rings (SSSR count). The maximum atomic E-state index is 13.9. The summed E-state index contributed by atoms with van der Waals surface area (Å²) in [4.78, 5) is 44.1. The molecule has 2 amide bonds. The number of hydrogen-bond donors (Lipinski definition) is 0. The van der Waals surface area contributed by atoms with E-state index < -0.39 is 0 Å². The van der Waals surface area contributed by atoms with Crippen LogP contribution in [0, 0.1) is 6.92 Å². The molecule has 0 aliphatic rings. The molecule has 0 radical (unpaired) electrons. The van der Waals surface area contributed by atoms with Gasteiger partial charge in [-0.1, -0.05) is 79.2 Å². The zero-order chi connectivity index (χ0) is 28.5. The molecule has 7 nitrogen and oxygen atoms in total. The average molecular weight is 541 g/mol. The Labute approximate surface area is 235 Å². The summed E-state index contributed by atoms with van der Waals surface area (Å²) in [6, 6.07) is 24.7. The zero-order valence-electron chi connectivity index (χ0n) is 23.3. The first-order valence-corrected chi connectivity index (χ1v) is 13.6. The van der Waals surface area contributed by atoms with E-state index in [9.17, 15) is 14.4 Å². The summed E-state index contributed by atoms with van der Waals surface area (Å²) >= 11 is 0. The lowest BCUT2D eigenvalue weighted by molar-refractivity contribution is -0.142. The van der Waals surface area contributed by atoms with Crippen LogP contribution in [0.25, 0.3) is 11.0 Å². The van der Waals surface area contributed by atoms with Gasteiger partial charge >= 0.3 is 0 Å². The SMILES string of the molecule is CCC(C(=O)N(CCOC)CC(=O)N(Cc1ccccc1)Cc1coc2ccc(C)cc2c1=O)c1ccccc1. The Morgan fingerprint density at radius 1 is 0.925 bits per heavy atom. The van der Waals surface area contributed by atoms with Gasteiger partial charge in [-0.3, -0.25) is 14.4 Å². The topological polar surface area (TPSA) is 80.1 Å². The molecule has 1 atom stereocenters. The van der Waals surface area contributed by atoms with Gasteiger partial charge < -0.3 is 19.0 Å². The standard InChI is InChI=1S/C33H36N2O5/c1-4-28(26-13-9-6-10-14-26)33(38)34(17-18-39-3)22-31(36)35(20-25-11-7-5-8-12-25)21-27-23-40-30-16-15-24(2)19-29(30)32(27)37/h5-16,19,23,28H,4,17-18,20-22H2,1-3H3. The first-order valence-electron chi connectivity index (χ1n) is 13.6. The molecule has 208 valence electrons. The second-order valence-corrected chi connectivity index (χ2v) is 9.95. The van der Waals surface area contributed by atoms with Crippen LogP contribution in [0.5, 0.6) is 0 Å². The third-order valence-electron chi connectivity index (χ3n) is 7.04. The minimum atomic E-state index is -0.371. The molecular weight excluding hydrogens is 504 g/mol. The Morgan fingerprint density at radius 2 is 1.62 bits per heavy atom. The fraction of sp³-hybridized carbons (Fsp3) is 0.303. The van der Waals surface area contributed by atoms with E-state index in [1.807, 2.05) is 80.6 Å². The molecule has 40 heavy (non-hydrogen) atoms. The molecule has 0 aliphatic carbocycles. The van der Waals surface area contributed by atoms with Crippen molar-refractivity contribution in [1.82, 2.24) is 9.80 Å². The second-order valence-electron chi connectivity index (χ2n) is 9.95. The van der Waals surface area contributed by atoms with E-state index in [2.05, 4.69) is 0 Å². The largest absolute Gasteiger partial charge is 0.464 e. The zero-order valence-corrected chi connectivity index (χ0v) is 23.3. The fourth-order valence-corrected chi connectivity index (χ4v) is 4.83. The van der Waals surface area contributed by atoms with Crippen LogP contribution in [0.15, 0.2) is 94.3 Å². The minimum Gasteiger partial charge on any atom is -0.464 e. The van der Waals surface area contributed by atoms with Crippen molar-refractivity contribution in [3.63, 3.8) is 0 Å². The van der Waals surface area contributed by atoms with Crippen molar-refractivity contribution in [3.05, 3.63) is 118 Å². The molecule has 0 spiro atoms. The number of benzene rings is 3. The number of methoxy groups -OCH3 is 1. The Morgan fingerprint density at radius 3 is 2.30 bits per heavy atom. The van der Waals surface area contributed by atoms with Gasteiger partial charge in [0, 0.05) is 20.2 Å². The van der Waals surface area contributed by atoms with Crippen molar-refractivity contribution >= 4 is 22.8 Å². The molecule has 0 saturated carbocycles. The number of carbonyl (C=O) groups excluding carboxylic acids is 2. The molecule has 4 aromatic rings. The second kappa shape index (κ2) is 13.7. The molecule has 0 aliphatic heterocycles. The Bertz CT molecular complexity index is 1480. The maximum absolute atomic E-state index is 13.9. The third-order valence-corrected chi connectivity index (χ3v) is 7.04. The van der Waals surface area contributed by atoms with E-state index >= 15 is 0 Å². The number of hydrogen-bond acceptors (Lipinski definition) is 5. The molecule has 1 unspecified atom stereocenters. The summed E-state index contributed by atoms with van der Waals surface area (Å²) < 4.78 is 11.0. The Kier molecular flexibility index (Phi) is 9.86. The van der Waals surface area contributed by atoms with Gasteiger partial charge in [-0.25, -0.2) is 0 Å². The summed E-state index contributed by atoms with van der Waals surface area (Å²) in [7, 11) is 1.57. The molecule has 1 heterocycles. The first kappa shape index (κ1) is 28.8. The molecule has 0 saturated heterocycles. The highest BCUT2D eigenvalue weighted by molar-refractivity contribution is 5.88. The molecule has 0 fully saturated rings. The summed E-state index contributed by atoms with van der Waals surface area (Å²) in [5.41, 5.74) is 3.50. The van der Waals surface area contributed by atoms with E-state index in [1.165, 1.54) is 6.26 Å². The van der Waals surface area contributed by atoms with Crippen LogP contribution in [0.4, 0.5) is 0 Å². The summed E-state index contributed by atoms with van der Waals surface area (Å²) in [5.74, 6) is -0.761. The van der Waals surface area contributed by atoms with Crippen LogP contribution in [0.2, 0.25) is 0 Å². The van der Waals surface area contributed by atoms with Gasteiger partial charge in [0.15, 0.2) is 5.43 Å². The molecule has 1 aromatic heterocycles. The van der Waals surface area contributed by atoms with Crippen molar-refractivity contribution in [1.29, 1.82) is 0 Å². The first-order chi connectivity index (χ1) is 19.4. The lowest BCUT2D eigenvalue weighted by Gasteiger charge is -2.30. The molecular formula is C33H36N2O5. The van der Waals surface area contributed by atoms with Crippen molar-refractivity contribution in [2.24, 2.45) is 0 Å². The van der Waals surface area contributed by atoms with E-state index in [-0.39, 0.29) is 49.3 Å². The van der Waals surface area contributed by atoms with Gasteiger partial charge in [-0.15, -0.1) is 0 Å². The molecule has 0 bridgehead atoms. The van der Waals surface area contributed by atoms with Crippen LogP contribution in [-0.4, -0.2) is 48.4 Å². The lowest BCUT2D eigenvalue weighted by Crippen LogP contribution is -2.45. The predicted octanol–water partition coefficient (Wildman–Crippen LogP) is 5.30. The van der Waals surface area contributed by atoms with Gasteiger partial charge in [0.1, 0.15) is 5.58 Å². The van der Waals surface area contributed by atoms with E-state index in [0.29, 0.717) is 29.6 Å². The predicted molar refractivity (Wildman–Crippen MR) is 156 cm³/mol. The number of rotatable bonds is 12. The number of nitrogens with zero attached hydrogens (tertiary/aromatic N) is 2. The van der Waals surface area contributed by atoms with Crippen LogP contribution in [0.3, 0.4) is 0 Å². The number of ether oxygens (including phenoxy) is 1. The molecule has 7 heteroatoms. The smallest absolute Gasteiger partial charge is 0.242 e. The quantitative estimate of drug-likeness (QED) is 0.244. The number of fused-ring (bicyclic) bond motifs is 1. The molecule has 3 aromatic carbocycles. The van der Waals surface area contributed by atoms with E-state index in [0.717, 1.165) is 16.7 Å². The average Bonchev–Trinajstić information content (AvgIpc) is 2.97. The van der Waals surface area contributed by atoms with E-state index in [1.54, 1.807) is 29.0 Å². The van der Waals surface area contributed by atoms with Gasteiger partial charge in [-0.05, 0) is 36.6 Å². The summed E-state index contributed by atoms with van der Waals surface area (Å²) in [6.07, 6.45) is 2.04. The van der Waals surface area contributed by atoms with Crippen LogP contribution in [0.1, 0.15) is 41.5 Å². The monoisotopic (exact) mass is 540 g/mol. The highest BCUT2D eigenvalue weighted by Gasteiger charge is 2.28. The van der Waals surface area contributed by atoms with Crippen molar-refractivity contribution < 1.29 is 18.7 Å². The fourth-order valence-electron chi connectivity index (χ4n) is 4.83. The lowest BCUT2D eigenvalue weighted by atomic mass is 9.95. The Hall–Kier alpha value is -4.23. The Balaban J connectivity index is 1.63. The normalized spacial score (nSPS) is 11.8. The number of amides is 2. The van der Waals surface area contributed by atoms with Crippen LogP contribution < -0.4 is 5.43 Å². The highest BCUT2D eigenvalue weighted by atomic mass is 16.5. The van der Waals surface area contributed by atoms with Crippen LogP contribution in [-0.2, 0) is 27.4 Å².